The number of carbonyl (C=O) groups is 1. The molecule has 1 amide bonds. The molecule has 0 radical (unpaired) electrons. The van der Waals surface area contributed by atoms with E-state index in [2.05, 4.69) is 10.4 Å². The fourth-order valence-electron chi connectivity index (χ4n) is 2.53. The number of aryl methyl sites for hydroxylation is 1. The number of carbonyl (C=O) groups excluding carboxylic acids is 1. The highest BCUT2D eigenvalue weighted by molar-refractivity contribution is 5.76. The first kappa shape index (κ1) is 21.3. The lowest BCUT2D eigenvalue weighted by molar-refractivity contribution is -0.384. The Balaban J connectivity index is 2.10. The van der Waals surface area contributed by atoms with Crippen molar-refractivity contribution in [2.75, 3.05) is 6.61 Å². The summed E-state index contributed by atoms with van der Waals surface area (Å²) in [7, 11) is 0. The average Bonchev–Trinajstić information content (AvgIpc) is 2.99. The maximum Gasteiger partial charge on any atom is 0.433 e. The molecule has 12 heteroatoms. The molecule has 0 aliphatic heterocycles. The maximum absolute atomic E-state index is 13.0. The van der Waals surface area contributed by atoms with Gasteiger partial charge >= 0.3 is 6.18 Å². The second-order valence-electron chi connectivity index (χ2n) is 5.98. The molecule has 9 nitrogen and oxygen atoms in total. The summed E-state index contributed by atoms with van der Waals surface area (Å²) in [6.45, 7) is -0.140. The number of benzene rings is 1. The van der Waals surface area contributed by atoms with E-state index in [9.17, 15) is 38.3 Å². The van der Waals surface area contributed by atoms with Gasteiger partial charge in [-0.2, -0.15) is 18.3 Å². The zero-order chi connectivity index (χ0) is 21.1. The normalized spacial score (nSPS) is 13.8. The van der Waals surface area contributed by atoms with Crippen LogP contribution in [0.15, 0.2) is 30.3 Å². The Morgan fingerprint density at radius 3 is 2.46 bits per heavy atom. The number of alkyl halides is 3. The molecule has 2 aromatic rings. The number of non-ortho nitro benzene ring substituents is 1. The number of aromatic nitrogens is 2. The molecule has 0 saturated carbocycles. The second kappa shape index (κ2) is 8.35. The first-order valence-corrected chi connectivity index (χ1v) is 7.97. The van der Waals surface area contributed by atoms with E-state index < -0.39 is 48.0 Å². The van der Waals surface area contributed by atoms with Crippen molar-refractivity contribution in [2.24, 2.45) is 0 Å². The van der Waals surface area contributed by atoms with Crippen molar-refractivity contribution in [3.05, 3.63) is 57.4 Å². The number of rotatable bonds is 7. The summed E-state index contributed by atoms with van der Waals surface area (Å²) in [6, 6.07) is 4.32. The largest absolute Gasteiger partial charge is 0.433 e. The molecule has 1 aromatic heterocycles. The van der Waals surface area contributed by atoms with Crippen LogP contribution in [0.3, 0.4) is 0 Å². The molecule has 28 heavy (non-hydrogen) atoms. The quantitative estimate of drug-likeness (QED) is 0.473. The zero-order valence-electron chi connectivity index (χ0n) is 14.6. The van der Waals surface area contributed by atoms with Crippen molar-refractivity contribution >= 4 is 11.6 Å². The molecule has 152 valence electrons. The topological polar surface area (TPSA) is 131 Å². The predicted octanol–water partition coefficient (Wildman–Crippen LogP) is 1.33. The summed E-state index contributed by atoms with van der Waals surface area (Å²) in [6.07, 6.45) is -6.13. The van der Waals surface area contributed by atoms with Crippen LogP contribution < -0.4 is 5.32 Å². The summed E-state index contributed by atoms with van der Waals surface area (Å²) < 4.78 is 39.4. The lowest BCUT2D eigenvalue weighted by Crippen LogP contribution is -2.43. The number of aliphatic hydroxyl groups is 2. The number of nitro benzene ring substituents is 1. The van der Waals surface area contributed by atoms with Gasteiger partial charge in [-0.05, 0) is 30.7 Å². The number of nitro groups is 1. The van der Waals surface area contributed by atoms with Crippen molar-refractivity contribution in [3.63, 3.8) is 0 Å². The van der Waals surface area contributed by atoms with Gasteiger partial charge in [0.05, 0.1) is 23.3 Å². The Morgan fingerprint density at radius 2 is 1.96 bits per heavy atom. The van der Waals surface area contributed by atoms with Gasteiger partial charge in [-0.3, -0.25) is 19.6 Å². The van der Waals surface area contributed by atoms with E-state index in [0.717, 1.165) is 18.2 Å². The van der Waals surface area contributed by atoms with Gasteiger partial charge in [-0.1, -0.05) is 0 Å². The van der Waals surface area contributed by atoms with Gasteiger partial charge in [0.15, 0.2) is 0 Å². The van der Waals surface area contributed by atoms with Crippen LogP contribution in [0.25, 0.3) is 0 Å². The molecule has 0 aliphatic carbocycles. The van der Waals surface area contributed by atoms with Crippen LogP contribution in [0.4, 0.5) is 18.9 Å². The Bertz CT molecular complexity index is 851. The third-order valence-electron chi connectivity index (χ3n) is 3.86. The Kier molecular flexibility index (Phi) is 6.36. The van der Waals surface area contributed by atoms with Crippen LogP contribution in [0.2, 0.25) is 0 Å². The number of amides is 1. The van der Waals surface area contributed by atoms with Crippen molar-refractivity contribution < 1.29 is 33.1 Å². The maximum atomic E-state index is 13.0. The lowest BCUT2D eigenvalue weighted by Gasteiger charge is -2.23. The van der Waals surface area contributed by atoms with Gasteiger partial charge in [-0.15, -0.1) is 0 Å². The summed E-state index contributed by atoms with van der Waals surface area (Å²) in [5.41, 5.74) is -1.06. The first-order chi connectivity index (χ1) is 13.0. The van der Waals surface area contributed by atoms with Gasteiger partial charge in [0.1, 0.15) is 18.3 Å². The summed E-state index contributed by atoms with van der Waals surface area (Å²) in [4.78, 5) is 22.1. The summed E-state index contributed by atoms with van der Waals surface area (Å²) >= 11 is 0. The van der Waals surface area contributed by atoms with Crippen molar-refractivity contribution in [1.29, 1.82) is 0 Å². The monoisotopic (exact) mass is 402 g/mol. The van der Waals surface area contributed by atoms with E-state index in [-0.39, 0.29) is 16.9 Å². The van der Waals surface area contributed by atoms with E-state index >= 15 is 0 Å². The van der Waals surface area contributed by atoms with E-state index in [1.807, 2.05) is 0 Å². The molecular formula is C16H17F3N4O5. The molecule has 1 heterocycles. The number of aliphatic hydroxyl groups excluding tert-OH is 2. The van der Waals surface area contributed by atoms with Crippen LogP contribution in [-0.4, -0.2) is 43.5 Å². The number of halogens is 3. The van der Waals surface area contributed by atoms with E-state index in [1.165, 1.54) is 19.1 Å². The van der Waals surface area contributed by atoms with E-state index in [1.54, 1.807) is 0 Å². The minimum Gasteiger partial charge on any atom is -0.394 e. The van der Waals surface area contributed by atoms with Crippen LogP contribution in [-0.2, 0) is 17.5 Å². The van der Waals surface area contributed by atoms with E-state index in [0.29, 0.717) is 4.68 Å². The standard InChI is InChI=1S/C16H17F3N4O5/c1-9-6-13(16(17,18)19)22(21-9)7-14(25)20-12(8-24)15(26)10-2-4-11(5-3-10)23(27)28/h2-6,12,15,24,26H,7-8H2,1H3,(H,20,25). The van der Waals surface area contributed by atoms with Crippen molar-refractivity contribution in [1.82, 2.24) is 15.1 Å². The smallest absolute Gasteiger partial charge is 0.394 e. The van der Waals surface area contributed by atoms with Crippen molar-refractivity contribution in [3.8, 4) is 0 Å². The Morgan fingerprint density at radius 1 is 1.36 bits per heavy atom. The molecule has 0 bridgehead atoms. The molecule has 2 atom stereocenters. The first-order valence-electron chi connectivity index (χ1n) is 7.97. The van der Waals surface area contributed by atoms with Crippen molar-refractivity contribution in [2.45, 2.75) is 31.8 Å². The summed E-state index contributed by atoms with van der Waals surface area (Å²) in [5.74, 6) is -0.909. The number of nitrogens with zero attached hydrogens (tertiary/aromatic N) is 3. The highest BCUT2D eigenvalue weighted by Crippen LogP contribution is 2.29. The zero-order valence-corrected chi connectivity index (χ0v) is 14.6. The van der Waals surface area contributed by atoms with Crippen LogP contribution in [0.1, 0.15) is 23.1 Å². The molecule has 2 rings (SSSR count). The minimum absolute atomic E-state index is 0.0738. The van der Waals surface area contributed by atoms with Gasteiger partial charge in [0.25, 0.3) is 5.69 Å². The Hall–Kier alpha value is -2.99. The van der Waals surface area contributed by atoms with Gasteiger partial charge in [0, 0.05) is 12.1 Å². The molecule has 0 saturated heterocycles. The average molecular weight is 402 g/mol. The molecule has 1 aromatic carbocycles. The fourth-order valence-corrected chi connectivity index (χ4v) is 2.53. The molecule has 0 spiro atoms. The molecule has 3 N–H and O–H groups in total. The molecule has 2 unspecified atom stereocenters. The predicted molar refractivity (Wildman–Crippen MR) is 89.0 cm³/mol. The summed E-state index contributed by atoms with van der Waals surface area (Å²) in [5, 5.41) is 36.2. The number of nitrogens with one attached hydrogen (secondary N) is 1. The van der Waals surface area contributed by atoms with Crippen LogP contribution in [0.5, 0.6) is 0 Å². The second-order valence-corrected chi connectivity index (χ2v) is 5.98. The number of hydrogen-bond donors (Lipinski definition) is 3. The van der Waals surface area contributed by atoms with Gasteiger partial charge in [0.2, 0.25) is 5.91 Å². The third kappa shape index (κ3) is 5.04. The van der Waals surface area contributed by atoms with E-state index in [4.69, 9.17) is 0 Å². The molecule has 0 aliphatic rings. The third-order valence-corrected chi connectivity index (χ3v) is 3.86. The molecule has 0 fully saturated rings. The highest BCUT2D eigenvalue weighted by atomic mass is 19.4. The van der Waals surface area contributed by atoms with Gasteiger partial charge < -0.3 is 15.5 Å². The lowest BCUT2D eigenvalue weighted by atomic mass is 10.0. The van der Waals surface area contributed by atoms with Crippen LogP contribution in [0, 0.1) is 17.0 Å². The fraction of sp³-hybridized carbons (Fsp3) is 0.375. The molecular weight excluding hydrogens is 385 g/mol. The minimum atomic E-state index is -4.70. The number of hydrogen-bond acceptors (Lipinski definition) is 6. The van der Waals surface area contributed by atoms with Gasteiger partial charge in [-0.25, -0.2) is 0 Å². The SMILES string of the molecule is Cc1cc(C(F)(F)F)n(CC(=O)NC(CO)C(O)c2ccc([N+](=O)[O-])cc2)n1. The van der Waals surface area contributed by atoms with Crippen LogP contribution >= 0.6 is 0 Å². The highest BCUT2D eigenvalue weighted by Gasteiger charge is 2.36. The Labute approximate surface area is 156 Å².